The predicted octanol–water partition coefficient (Wildman–Crippen LogP) is 4.75. The zero-order valence-electron chi connectivity index (χ0n) is 19.1. The maximum atomic E-state index is 10.5. The molecule has 4 saturated carbocycles. The maximum Gasteiger partial charge on any atom is 0.0900 e. The highest BCUT2D eigenvalue weighted by Gasteiger charge is 2.50. The molecule has 4 bridgehead atoms. The fraction of sp³-hybridized carbons (Fsp3) is 0.769. The summed E-state index contributed by atoms with van der Waals surface area (Å²) in [5.74, 6) is 3.02. The predicted molar refractivity (Wildman–Crippen MR) is 127 cm³/mol. The van der Waals surface area contributed by atoms with Crippen LogP contribution in [0.3, 0.4) is 0 Å². The van der Waals surface area contributed by atoms with E-state index in [1.165, 1.54) is 56.2 Å². The lowest BCUT2D eigenvalue weighted by Crippen LogP contribution is -2.49. The summed E-state index contributed by atoms with van der Waals surface area (Å²) in [6.45, 7) is 8.03. The summed E-state index contributed by atoms with van der Waals surface area (Å²) >= 11 is 6.20. The van der Waals surface area contributed by atoms with Crippen LogP contribution in [-0.4, -0.2) is 62.0 Å². The van der Waals surface area contributed by atoms with E-state index in [0.717, 1.165) is 55.6 Å². The second-order valence-electron chi connectivity index (χ2n) is 11.1. The van der Waals surface area contributed by atoms with Crippen LogP contribution in [-0.2, 0) is 4.74 Å². The summed E-state index contributed by atoms with van der Waals surface area (Å²) in [5.41, 5.74) is 3.08. The number of piperazine rings is 1. The van der Waals surface area contributed by atoms with Crippen LogP contribution in [0.2, 0.25) is 5.02 Å². The smallest absolute Gasteiger partial charge is 0.0900 e. The van der Waals surface area contributed by atoms with Gasteiger partial charge in [0.1, 0.15) is 0 Å². The van der Waals surface area contributed by atoms with E-state index in [9.17, 15) is 5.11 Å². The Morgan fingerprint density at radius 1 is 1.06 bits per heavy atom. The number of ether oxygens (including phenoxy) is 1. The molecule has 5 fully saturated rings. The van der Waals surface area contributed by atoms with E-state index in [-0.39, 0.29) is 0 Å². The first-order valence-electron chi connectivity index (χ1n) is 12.5. The monoisotopic (exact) mass is 446 g/mol. The average Bonchev–Trinajstić information content (AvgIpc) is 2.73. The Labute approximate surface area is 192 Å². The van der Waals surface area contributed by atoms with Gasteiger partial charge in [-0.2, -0.15) is 0 Å². The lowest BCUT2D eigenvalue weighted by Gasteiger charge is -2.57. The van der Waals surface area contributed by atoms with Gasteiger partial charge in [0, 0.05) is 50.0 Å². The zero-order valence-corrected chi connectivity index (χ0v) is 19.8. The van der Waals surface area contributed by atoms with Crippen molar-refractivity contribution in [1.29, 1.82) is 0 Å². The molecule has 5 heteroatoms. The van der Waals surface area contributed by atoms with Gasteiger partial charge in [0.15, 0.2) is 0 Å². The quantitative estimate of drug-likeness (QED) is 0.584. The van der Waals surface area contributed by atoms with E-state index in [1.54, 1.807) is 0 Å². The van der Waals surface area contributed by atoms with Gasteiger partial charge in [0.05, 0.1) is 12.7 Å². The summed E-state index contributed by atoms with van der Waals surface area (Å²) < 4.78 is 5.99. The number of halogens is 1. The molecule has 4 nitrogen and oxygen atoms in total. The van der Waals surface area contributed by atoms with Crippen LogP contribution in [0.25, 0.3) is 0 Å². The number of hydrogen-bond acceptors (Lipinski definition) is 4. The van der Waals surface area contributed by atoms with Crippen LogP contribution in [0, 0.1) is 30.1 Å². The lowest BCUT2D eigenvalue weighted by atomic mass is 9.49. The highest BCUT2D eigenvalue weighted by Crippen LogP contribution is 2.61. The van der Waals surface area contributed by atoms with Crippen molar-refractivity contribution in [2.45, 2.75) is 58.0 Å². The molecule has 1 aliphatic heterocycles. The molecular weight excluding hydrogens is 408 g/mol. The van der Waals surface area contributed by atoms with Crippen molar-refractivity contribution in [3.8, 4) is 0 Å². The van der Waals surface area contributed by atoms with Gasteiger partial charge in [-0.15, -0.1) is 0 Å². The lowest BCUT2D eigenvalue weighted by molar-refractivity contribution is -0.0741. The van der Waals surface area contributed by atoms with E-state index < -0.39 is 6.10 Å². The second-order valence-corrected chi connectivity index (χ2v) is 11.6. The molecule has 5 aliphatic rings. The number of β-amino-alcohol motifs (C(OH)–C–C–N with tert-alkyl or cyclic N) is 1. The number of benzene rings is 1. The summed E-state index contributed by atoms with van der Waals surface area (Å²) in [5, 5.41) is 11.3. The van der Waals surface area contributed by atoms with Crippen LogP contribution >= 0.6 is 11.6 Å². The van der Waals surface area contributed by atoms with E-state index in [0.29, 0.717) is 18.6 Å². The van der Waals surface area contributed by atoms with E-state index in [4.69, 9.17) is 16.3 Å². The number of hydrogen-bond donors (Lipinski definition) is 1. The SMILES string of the molecule is Cc1ccc(Cl)cc1N1CCN(C[C@H](O)COCCC23CC4CC(CC(C4)C2)C3)CC1. The molecule has 1 aromatic carbocycles. The third kappa shape index (κ3) is 5.08. The van der Waals surface area contributed by atoms with Gasteiger partial charge in [-0.25, -0.2) is 0 Å². The highest BCUT2D eigenvalue weighted by molar-refractivity contribution is 6.30. The van der Waals surface area contributed by atoms with Crippen molar-refractivity contribution in [1.82, 2.24) is 4.90 Å². The summed E-state index contributed by atoms with van der Waals surface area (Å²) in [6, 6.07) is 6.11. The fourth-order valence-corrected chi connectivity index (χ4v) is 7.72. The fourth-order valence-electron chi connectivity index (χ4n) is 7.55. The minimum Gasteiger partial charge on any atom is -0.389 e. The van der Waals surface area contributed by atoms with Gasteiger partial charge >= 0.3 is 0 Å². The molecule has 31 heavy (non-hydrogen) atoms. The van der Waals surface area contributed by atoms with Gasteiger partial charge in [0.2, 0.25) is 0 Å². The molecule has 0 amide bonds. The number of nitrogens with zero attached hydrogens (tertiary/aromatic N) is 2. The van der Waals surface area contributed by atoms with Crippen molar-refractivity contribution in [3.63, 3.8) is 0 Å². The second kappa shape index (κ2) is 9.21. The number of anilines is 1. The molecule has 4 aliphatic carbocycles. The third-order valence-corrected chi connectivity index (χ3v) is 8.84. The van der Waals surface area contributed by atoms with Crippen molar-refractivity contribution < 1.29 is 9.84 Å². The molecule has 1 N–H and O–H groups in total. The number of aryl methyl sites for hydroxylation is 1. The Balaban J connectivity index is 1.01. The first-order valence-corrected chi connectivity index (χ1v) is 12.9. The Kier molecular flexibility index (Phi) is 6.54. The maximum absolute atomic E-state index is 10.5. The van der Waals surface area contributed by atoms with Crippen LogP contribution in [0.15, 0.2) is 18.2 Å². The molecule has 0 aromatic heterocycles. The first-order chi connectivity index (χ1) is 15.0. The van der Waals surface area contributed by atoms with Gasteiger partial charge in [-0.05, 0) is 92.7 Å². The van der Waals surface area contributed by atoms with E-state index in [2.05, 4.69) is 28.9 Å². The highest BCUT2D eigenvalue weighted by atomic mass is 35.5. The molecule has 1 atom stereocenters. The van der Waals surface area contributed by atoms with Crippen LogP contribution in [0.4, 0.5) is 5.69 Å². The van der Waals surface area contributed by atoms with Crippen LogP contribution in [0.5, 0.6) is 0 Å². The largest absolute Gasteiger partial charge is 0.389 e. The molecule has 0 radical (unpaired) electrons. The summed E-state index contributed by atoms with van der Waals surface area (Å²) in [4.78, 5) is 4.77. The van der Waals surface area contributed by atoms with Crippen molar-refractivity contribution in [2.75, 3.05) is 50.8 Å². The van der Waals surface area contributed by atoms with E-state index in [1.807, 2.05) is 6.07 Å². The molecule has 1 heterocycles. The summed E-state index contributed by atoms with van der Waals surface area (Å²) in [6.07, 6.45) is 9.66. The van der Waals surface area contributed by atoms with Crippen molar-refractivity contribution in [3.05, 3.63) is 28.8 Å². The molecule has 6 rings (SSSR count). The Morgan fingerprint density at radius 2 is 1.71 bits per heavy atom. The average molecular weight is 447 g/mol. The van der Waals surface area contributed by atoms with Gasteiger partial charge in [-0.1, -0.05) is 17.7 Å². The molecule has 1 aromatic rings. The normalized spacial score (nSPS) is 33.8. The minimum absolute atomic E-state index is 0.393. The zero-order chi connectivity index (χ0) is 21.4. The van der Waals surface area contributed by atoms with Crippen molar-refractivity contribution in [2.24, 2.45) is 23.2 Å². The standard InChI is InChI=1S/C26H39ClN2O2/c1-19-2-3-23(27)13-25(19)29-7-5-28(6-8-29)17-24(30)18-31-9-4-26-14-20-10-21(15-26)12-22(11-20)16-26/h2-3,13,20-22,24,30H,4-12,14-18H2,1H3/t20?,21?,22?,24-,26?/m0/s1. The van der Waals surface area contributed by atoms with E-state index >= 15 is 0 Å². The van der Waals surface area contributed by atoms with Gasteiger partial charge in [-0.3, -0.25) is 4.90 Å². The molecule has 1 saturated heterocycles. The molecule has 0 unspecified atom stereocenters. The van der Waals surface area contributed by atoms with Crippen LogP contribution in [0.1, 0.15) is 50.5 Å². The summed E-state index contributed by atoms with van der Waals surface area (Å²) in [7, 11) is 0. The topological polar surface area (TPSA) is 35.9 Å². The minimum atomic E-state index is -0.393. The first kappa shape index (κ1) is 22.0. The number of rotatable bonds is 8. The van der Waals surface area contributed by atoms with Crippen LogP contribution < -0.4 is 4.90 Å². The molecule has 0 spiro atoms. The molecule has 172 valence electrons. The third-order valence-electron chi connectivity index (χ3n) is 8.61. The Morgan fingerprint density at radius 3 is 2.35 bits per heavy atom. The molecular formula is C26H39ClN2O2. The number of aliphatic hydroxyl groups excluding tert-OH is 1. The van der Waals surface area contributed by atoms with Crippen molar-refractivity contribution >= 4 is 17.3 Å². The van der Waals surface area contributed by atoms with Gasteiger partial charge < -0.3 is 14.7 Å². The number of aliphatic hydroxyl groups is 1. The Hall–Kier alpha value is -0.810. The van der Waals surface area contributed by atoms with Gasteiger partial charge in [0.25, 0.3) is 0 Å². The Bertz CT molecular complexity index is 726.